The van der Waals surface area contributed by atoms with Crippen molar-refractivity contribution in [2.24, 2.45) is 5.73 Å². The highest BCUT2D eigenvalue weighted by molar-refractivity contribution is 7.80. The van der Waals surface area contributed by atoms with Crippen LogP contribution in [0.4, 0.5) is 5.82 Å². The molecule has 1 rings (SSSR count). The summed E-state index contributed by atoms with van der Waals surface area (Å²) < 4.78 is 5.03. The van der Waals surface area contributed by atoms with E-state index in [1.54, 1.807) is 13.3 Å². The van der Waals surface area contributed by atoms with Crippen molar-refractivity contribution in [3.05, 3.63) is 23.4 Å². The van der Waals surface area contributed by atoms with Gasteiger partial charge in [-0.15, -0.1) is 0 Å². The highest BCUT2D eigenvalue weighted by Gasteiger charge is 2.13. The number of pyridine rings is 1. The molecule has 1 heterocycles. The smallest absolute Gasteiger partial charge is 0.138 e. The van der Waals surface area contributed by atoms with E-state index in [2.05, 4.69) is 9.88 Å². The van der Waals surface area contributed by atoms with Gasteiger partial charge in [-0.3, -0.25) is 0 Å². The minimum absolute atomic E-state index is 0.393. The highest BCUT2D eigenvalue weighted by Crippen LogP contribution is 2.19. The molecular formula is C12H19N3OS. The van der Waals surface area contributed by atoms with Crippen molar-refractivity contribution in [3.8, 4) is 0 Å². The molecule has 94 valence electrons. The number of hydrogen-bond donors (Lipinski definition) is 1. The molecule has 0 atom stereocenters. The Bertz CT molecular complexity index is 395. The van der Waals surface area contributed by atoms with Crippen LogP contribution in [-0.2, 0) is 4.74 Å². The minimum Gasteiger partial charge on any atom is -0.389 e. The molecule has 17 heavy (non-hydrogen) atoms. The number of rotatable bonds is 6. The lowest BCUT2D eigenvalue weighted by molar-refractivity contribution is 0.196. The van der Waals surface area contributed by atoms with Gasteiger partial charge in [0.25, 0.3) is 0 Å². The Balaban J connectivity index is 2.89. The van der Waals surface area contributed by atoms with Gasteiger partial charge in [-0.1, -0.05) is 12.2 Å². The van der Waals surface area contributed by atoms with Gasteiger partial charge in [0.2, 0.25) is 0 Å². The molecule has 0 amide bonds. The third-order valence-electron chi connectivity index (χ3n) is 2.59. The average molecular weight is 253 g/mol. The fraction of sp³-hybridized carbons (Fsp3) is 0.500. The predicted octanol–water partition coefficient (Wildman–Crippen LogP) is 1.50. The van der Waals surface area contributed by atoms with E-state index in [9.17, 15) is 0 Å². The fourth-order valence-electron chi connectivity index (χ4n) is 1.69. The number of methoxy groups -OCH3 is 1. The average Bonchev–Trinajstić information content (AvgIpc) is 2.28. The summed E-state index contributed by atoms with van der Waals surface area (Å²) in [6.45, 7) is 3.58. The first-order chi connectivity index (χ1) is 8.07. The van der Waals surface area contributed by atoms with E-state index < -0.39 is 0 Å². The van der Waals surface area contributed by atoms with Crippen LogP contribution in [0.5, 0.6) is 0 Å². The normalized spacial score (nSPS) is 10.3. The molecule has 0 radical (unpaired) electrons. The minimum atomic E-state index is 0.393. The summed E-state index contributed by atoms with van der Waals surface area (Å²) in [5.41, 5.74) is 7.67. The lowest BCUT2D eigenvalue weighted by Crippen LogP contribution is -2.25. The number of hydrogen-bond acceptors (Lipinski definition) is 4. The number of aryl methyl sites for hydroxylation is 1. The molecule has 1 aromatic heterocycles. The lowest BCUT2D eigenvalue weighted by Gasteiger charge is -2.21. The van der Waals surface area contributed by atoms with Gasteiger partial charge in [0.05, 0.1) is 5.56 Å². The van der Waals surface area contributed by atoms with Gasteiger partial charge in [-0.05, 0) is 25.0 Å². The van der Waals surface area contributed by atoms with Crippen LogP contribution in [0, 0.1) is 6.92 Å². The van der Waals surface area contributed by atoms with Gasteiger partial charge in [-0.2, -0.15) is 0 Å². The summed E-state index contributed by atoms with van der Waals surface area (Å²) in [5, 5.41) is 0. The van der Waals surface area contributed by atoms with Crippen LogP contribution in [0.25, 0.3) is 0 Å². The molecule has 5 heteroatoms. The van der Waals surface area contributed by atoms with E-state index in [-0.39, 0.29) is 0 Å². The van der Waals surface area contributed by atoms with E-state index in [0.717, 1.165) is 36.5 Å². The maximum absolute atomic E-state index is 5.75. The van der Waals surface area contributed by atoms with E-state index in [1.807, 2.05) is 20.0 Å². The fourth-order valence-corrected chi connectivity index (χ4v) is 1.94. The number of anilines is 1. The summed E-state index contributed by atoms with van der Waals surface area (Å²) in [4.78, 5) is 6.81. The van der Waals surface area contributed by atoms with Crippen molar-refractivity contribution in [1.29, 1.82) is 0 Å². The SMILES string of the molecule is COCCCN(C)c1nccc(C)c1C(N)=S. The van der Waals surface area contributed by atoms with Gasteiger partial charge in [-0.25, -0.2) is 4.98 Å². The van der Waals surface area contributed by atoms with Crippen LogP contribution >= 0.6 is 12.2 Å². The van der Waals surface area contributed by atoms with Crippen LogP contribution in [0.3, 0.4) is 0 Å². The summed E-state index contributed by atoms with van der Waals surface area (Å²) in [7, 11) is 3.69. The Morgan fingerprint density at radius 2 is 2.29 bits per heavy atom. The first-order valence-electron chi connectivity index (χ1n) is 5.53. The van der Waals surface area contributed by atoms with Crippen LogP contribution < -0.4 is 10.6 Å². The topological polar surface area (TPSA) is 51.4 Å². The zero-order valence-electron chi connectivity index (χ0n) is 10.6. The van der Waals surface area contributed by atoms with Crippen molar-refractivity contribution >= 4 is 23.0 Å². The molecule has 0 spiro atoms. The van der Waals surface area contributed by atoms with Crippen molar-refractivity contribution < 1.29 is 4.74 Å². The van der Waals surface area contributed by atoms with Crippen molar-refractivity contribution in [1.82, 2.24) is 4.98 Å². The largest absolute Gasteiger partial charge is 0.389 e. The Kier molecular flexibility index (Phi) is 5.31. The summed E-state index contributed by atoms with van der Waals surface area (Å²) in [6.07, 6.45) is 2.72. The molecular weight excluding hydrogens is 234 g/mol. The zero-order chi connectivity index (χ0) is 12.8. The summed E-state index contributed by atoms with van der Waals surface area (Å²) >= 11 is 5.08. The van der Waals surface area contributed by atoms with E-state index in [1.165, 1.54) is 0 Å². The van der Waals surface area contributed by atoms with E-state index >= 15 is 0 Å². The molecule has 2 N–H and O–H groups in total. The van der Waals surface area contributed by atoms with Gasteiger partial charge in [0, 0.05) is 33.5 Å². The molecule has 0 aromatic carbocycles. The second-order valence-electron chi connectivity index (χ2n) is 3.96. The van der Waals surface area contributed by atoms with E-state index in [0.29, 0.717) is 4.99 Å². The summed E-state index contributed by atoms with van der Waals surface area (Å²) in [6, 6.07) is 1.92. The zero-order valence-corrected chi connectivity index (χ0v) is 11.4. The Morgan fingerprint density at radius 1 is 1.59 bits per heavy atom. The maximum atomic E-state index is 5.75. The molecule has 0 aliphatic rings. The monoisotopic (exact) mass is 253 g/mol. The van der Waals surface area contributed by atoms with Crippen LogP contribution in [0.2, 0.25) is 0 Å². The number of nitrogens with zero attached hydrogens (tertiary/aromatic N) is 2. The van der Waals surface area contributed by atoms with Crippen molar-refractivity contribution in [3.63, 3.8) is 0 Å². The lowest BCUT2D eigenvalue weighted by atomic mass is 10.1. The molecule has 0 bridgehead atoms. The Labute approximate surface area is 108 Å². The van der Waals surface area contributed by atoms with Gasteiger partial charge in [0.15, 0.2) is 0 Å². The maximum Gasteiger partial charge on any atom is 0.138 e. The molecule has 0 saturated carbocycles. The van der Waals surface area contributed by atoms with Gasteiger partial charge >= 0.3 is 0 Å². The van der Waals surface area contributed by atoms with Crippen LogP contribution in [-0.4, -0.2) is 37.3 Å². The molecule has 0 aliphatic heterocycles. The summed E-state index contributed by atoms with van der Waals surface area (Å²) in [5.74, 6) is 0.841. The third kappa shape index (κ3) is 3.64. The molecule has 4 nitrogen and oxygen atoms in total. The molecule has 1 aromatic rings. The van der Waals surface area contributed by atoms with E-state index in [4.69, 9.17) is 22.7 Å². The first-order valence-corrected chi connectivity index (χ1v) is 5.94. The Hall–Kier alpha value is -1.20. The number of nitrogens with two attached hydrogens (primary N) is 1. The standard InChI is InChI=1S/C12H19N3OS/c1-9-5-6-14-12(10(9)11(13)17)15(2)7-4-8-16-3/h5-6H,4,7-8H2,1-3H3,(H2,13,17). The predicted molar refractivity (Wildman–Crippen MR) is 74.6 cm³/mol. The first kappa shape index (κ1) is 13.9. The highest BCUT2D eigenvalue weighted by atomic mass is 32.1. The number of thiocarbonyl (C=S) groups is 1. The van der Waals surface area contributed by atoms with Crippen LogP contribution in [0.15, 0.2) is 12.3 Å². The number of aromatic nitrogens is 1. The van der Waals surface area contributed by atoms with Crippen LogP contribution in [0.1, 0.15) is 17.5 Å². The van der Waals surface area contributed by atoms with Gasteiger partial charge in [0.1, 0.15) is 10.8 Å². The second kappa shape index (κ2) is 6.51. The Morgan fingerprint density at radius 3 is 2.88 bits per heavy atom. The molecule has 0 unspecified atom stereocenters. The van der Waals surface area contributed by atoms with Crippen molar-refractivity contribution in [2.45, 2.75) is 13.3 Å². The molecule has 0 fully saturated rings. The quantitative estimate of drug-likeness (QED) is 0.615. The molecule has 0 saturated heterocycles. The van der Waals surface area contributed by atoms with Gasteiger partial charge < -0.3 is 15.4 Å². The second-order valence-corrected chi connectivity index (χ2v) is 4.40. The van der Waals surface area contributed by atoms with Crippen molar-refractivity contribution in [2.75, 3.05) is 32.2 Å². The third-order valence-corrected chi connectivity index (χ3v) is 2.79. The molecule has 0 aliphatic carbocycles. The number of ether oxygens (including phenoxy) is 1.